The number of hydrogen-bond donors (Lipinski definition) is 2. The van der Waals surface area contributed by atoms with Gasteiger partial charge >= 0.3 is 5.97 Å². The molecule has 0 aliphatic carbocycles. The Bertz CT molecular complexity index is 286. The van der Waals surface area contributed by atoms with E-state index in [9.17, 15) is 9.90 Å². The van der Waals surface area contributed by atoms with Crippen molar-refractivity contribution in [2.45, 2.75) is 45.3 Å². The van der Waals surface area contributed by atoms with Gasteiger partial charge in [-0.05, 0) is 52.6 Å². The maximum Gasteiger partial charge on any atom is 0.338 e. The summed E-state index contributed by atoms with van der Waals surface area (Å²) in [6.45, 7) is 9.07. The van der Waals surface area contributed by atoms with Gasteiger partial charge < -0.3 is 15.2 Å². The monoisotopic (exact) mass is 272 g/mol. The van der Waals surface area contributed by atoms with Crippen LogP contribution in [-0.2, 0) is 9.53 Å². The molecule has 1 aliphatic heterocycles. The van der Waals surface area contributed by atoms with E-state index in [-0.39, 0.29) is 0 Å². The van der Waals surface area contributed by atoms with Crippen molar-refractivity contribution >= 4 is 5.97 Å². The van der Waals surface area contributed by atoms with Crippen LogP contribution in [0.4, 0.5) is 0 Å². The Labute approximate surface area is 116 Å². The second kappa shape index (κ2) is 7.22. The van der Waals surface area contributed by atoms with E-state index >= 15 is 0 Å². The van der Waals surface area contributed by atoms with Crippen LogP contribution in [0.2, 0.25) is 0 Å². The number of hydrogen-bond acceptors (Lipinski definition) is 5. The third kappa shape index (κ3) is 5.09. The van der Waals surface area contributed by atoms with Crippen LogP contribution in [-0.4, -0.2) is 60.9 Å². The number of esters is 1. The highest BCUT2D eigenvalue weighted by molar-refractivity contribution is 5.78. The summed E-state index contributed by atoms with van der Waals surface area (Å²) >= 11 is 0. The van der Waals surface area contributed by atoms with Gasteiger partial charge in [-0.2, -0.15) is 0 Å². The Kier molecular flexibility index (Phi) is 6.23. The van der Waals surface area contributed by atoms with Crippen LogP contribution in [0, 0.1) is 5.92 Å². The first-order chi connectivity index (χ1) is 8.86. The van der Waals surface area contributed by atoms with Crippen molar-refractivity contribution in [1.82, 2.24) is 10.2 Å². The van der Waals surface area contributed by atoms with Gasteiger partial charge in [0.2, 0.25) is 0 Å². The van der Waals surface area contributed by atoms with Gasteiger partial charge in [0.1, 0.15) is 0 Å². The Morgan fingerprint density at radius 3 is 2.53 bits per heavy atom. The van der Waals surface area contributed by atoms with E-state index in [0.717, 1.165) is 32.5 Å². The molecule has 0 amide bonds. The van der Waals surface area contributed by atoms with Crippen LogP contribution in [0.3, 0.4) is 0 Å². The number of methoxy groups -OCH3 is 1. The lowest BCUT2D eigenvalue weighted by Crippen LogP contribution is -2.51. The topological polar surface area (TPSA) is 61.8 Å². The third-order valence-electron chi connectivity index (χ3n) is 3.82. The molecular formula is C14H28N2O3. The van der Waals surface area contributed by atoms with Gasteiger partial charge in [-0.25, -0.2) is 4.79 Å². The number of rotatable bonds is 6. The van der Waals surface area contributed by atoms with E-state index in [0.29, 0.717) is 18.5 Å². The lowest BCUT2D eigenvalue weighted by Gasteiger charge is -2.36. The molecule has 19 heavy (non-hydrogen) atoms. The lowest BCUT2D eigenvalue weighted by molar-refractivity contribution is -0.163. The molecule has 1 atom stereocenters. The first-order valence-electron chi connectivity index (χ1n) is 7.12. The fraction of sp³-hybridized carbons (Fsp3) is 0.929. The average molecular weight is 272 g/mol. The summed E-state index contributed by atoms with van der Waals surface area (Å²) < 4.78 is 4.66. The van der Waals surface area contributed by atoms with Gasteiger partial charge in [-0.3, -0.25) is 4.90 Å². The van der Waals surface area contributed by atoms with Crippen LogP contribution in [0.5, 0.6) is 0 Å². The minimum absolute atomic E-state index is 0.297. The van der Waals surface area contributed by atoms with Crippen molar-refractivity contribution in [2.75, 3.05) is 33.3 Å². The number of nitrogens with zero attached hydrogens (tertiary/aromatic N) is 1. The number of nitrogens with one attached hydrogen (secondary N) is 1. The quantitative estimate of drug-likeness (QED) is 0.694. The molecule has 1 heterocycles. The van der Waals surface area contributed by atoms with Gasteiger partial charge in [0.05, 0.1) is 7.11 Å². The Morgan fingerprint density at radius 2 is 2.05 bits per heavy atom. The molecule has 1 fully saturated rings. The second-order valence-electron chi connectivity index (χ2n) is 5.98. The highest BCUT2D eigenvalue weighted by atomic mass is 16.5. The van der Waals surface area contributed by atoms with Crippen LogP contribution in [0.25, 0.3) is 0 Å². The van der Waals surface area contributed by atoms with Crippen LogP contribution in [0.1, 0.15) is 33.6 Å². The van der Waals surface area contributed by atoms with Crippen LogP contribution < -0.4 is 5.32 Å². The Hall–Kier alpha value is -0.650. The minimum atomic E-state index is -1.44. The number of piperidine rings is 1. The van der Waals surface area contributed by atoms with E-state index in [2.05, 4.69) is 28.8 Å². The maximum atomic E-state index is 11.6. The summed E-state index contributed by atoms with van der Waals surface area (Å²) in [7, 11) is 1.31. The molecule has 1 unspecified atom stereocenters. The van der Waals surface area contributed by atoms with Gasteiger partial charge in [0.15, 0.2) is 5.60 Å². The van der Waals surface area contributed by atoms with Gasteiger partial charge in [0.25, 0.3) is 0 Å². The summed E-state index contributed by atoms with van der Waals surface area (Å²) in [5, 5.41) is 13.6. The van der Waals surface area contributed by atoms with E-state index in [1.165, 1.54) is 14.0 Å². The highest BCUT2D eigenvalue weighted by Gasteiger charge is 2.35. The van der Waals surface area contributed by atoms with Gasteiger partial charge in [-0.15, -0.1) is 0 Å². The second-order valence-corrected chi connectivity index (χ2v) is 5.98. The van der Waals surface area contributed by atoms with E-state index in [1.807, 2.05) is 0 Å². The molecule has 5 nitrogen and oxygen atoms in total. The number of aliphatic hydroxyl groups is 1. The van der Waals surface area contributed by atoms with E-state index in [1.54, 1.807) is 0 Å². The van der Waals surface area contributed by atoms with Gasteiger partial charge in [0, 0.05) is 19.1 Å². The van der Waals surface area contributed by atoms with Crippen LogP contribution >= 0.6 is 0 Å². The Morgan fingerprint density at radius 1 is 1.47 bits per heavy atom. The normalized spacial score (nSPS) is 20.6. The molecule has 0 aromatic rings. The molecule has 0 saturated carbocycles. The molecule has 1 aliphatic rings. The number of ether oxygens (including phenoxy) is 1. The van der Waals surface area contributed by atoms with Crippen molar-refractivity contribution in [3.8, 4) is 0 Å². The summed E-state index contributed by atoms with van der Waals surface area (Å²) in [4.78, 5) is 13.7. The zero-order valence-electron chi connectivity index (χ0n) is 12.6. The summed E-state index contributed by atoms with van der Waals surface area (Å²) in [6, 6.07) is 0.297. The minimum Gasteiger partial charge on any atom is -0.467 e. The number of carbonyl (C=O) groups excluding carboxylic acids is 1. The molecule has 1 saturated heterocycles. The van der Waals surface area contributed by atoms with Gasteiger partial charge in [-0.1, -0.05) is 0 Å². The van der Waals surface area contributed by atoms with E-state index < -0.39 is 11.6 Å². The highest BCUT2D eigenvalue weighted by Crippen LogP contribution is 2.18. The SMILES string of the molecule is COC(=O)C(C)(O)CN(CC1CCNCC1)C(C)C. The Balaban J connectivity index is 2.59. The van der Waals surface area contributed by atoms with Crippen molar-refractivity contribution in [3.63, 3.8) is 0 Å². The molecule has 0 bridgehead atoms. The first kappa shape index (κ1) is 16.4. The standard InChI is InChI=1S/C14H28N2O3/c1-11(2)16(9-12-5-7-15-8-6-12)10-14(3,18)13(17)19-4/h11-12,15,18H,5-10H2,1-4H3. The lowest BCUT2D eigenvalue weighted by atomic mass is 9.96. The molecule has 1 rings (SSSR count). The molecule has 2 N–H and O–H groups in total. The summed E-state index contributed by atoms with van der Waals surface area (Å²) in [6.07, 6.45) is 2.31. The predicted octanol–water partition coefficient (Wildman–Crippen LogP) is 0.620. The fourth-order valence-corrected chi connectivity index (χ4v) is 2.53. The molecule has 0 spiro atoms. The summed E-state index contributed by atoms with van der Waals surface area (Å²) in [5.41, 5.74) is -1.44. The van der Waals surface area contributed by atoms with Crippen molar-refractivity contribution in [1.29, 1.82) is 0 Å². The zero-order chi connectivity index (χ0) is 14.5. The molecule has 112 valence electrons. The van der Waals surface area contributed by atoms with E-state index in [4.69, 9.17) is 0 Å². The van der Waals surface area contributed by atoms with Crippen molar-refractivity contribution in [2.24, 2.45) is 5.92 Å². The number of carbonyl (C=O) groups is 1. The molecule has 0 aromatic carbocycles. The maximum absolute atomic E-state index is 11.6. The smallest absolute Gasteiger partial charge is 0.338 e. The molecule has 0 radical (unpaired) electrons. The van der Waals surface area contributed by atoms with Crippen molar-refractivity contribution < 1.29 is 14.6 Å². The predicted molar refractivity (Wildman–Crippen MR) is 74.9 cm³/mol. The average Bonchev–Trinajstić information content (AvgIpc) is 2.37. The largest absolute Gasteiger partial charge is 0.467 e. The zero-order valence-corrected chi connectivity index (χ0v) is 12.6. The summed E-state index contributed by atoms with van der Waals surface area (Å²) in [5.74, 6) is 0.0700. The first-order valence-corrected chi connectivity index (χ1v) is 7.12. The van der Waals surface area contributed by atoms with Crippen molar-refractivity contribution in [3.05, 3.63) is 0 Å². The third-order valence-corrected chi connectivity index (χ3v) is 3.82. The fourth-order valence-electron chi connectivity index (χ4n) is 2.53. The van der Waals surface area contributed by atoms with Crippen LogP contribution in [0.15, 0.2) is 0 Å². The molecular weight excluding hydrogens is 244 g/mol. The molecule has 5 heteroatoms. The molecule has 0 aromatic heterocycles.